The fourth-order valence-electron chi connectivity index (χ4n) is 2.92. The van der Waals surface area contributed by atoms with Crippen LogP contribution in [0.4, 0.5) is 0 Å². The summed E-state index contributed by atoms with van der Waals surface area (Å²) in [6, 6.07) is 8.79. The molecule has 1 aliphatic heterocycles. The highest BCUT2D eigenvalue weighted by Gasteiger charge is 2.23. The highest BCUT2D eigenvalue weighted by atomic mass is 16.5. The second-order valence-corrected chi connectivity index (χ2v) is 5.95. The molecule has 0 amide bonds. The summed E-state index contributed by atoms with van der Waals surface area (Å²) in [4.78, 5) is 2.61. The first kappa shape index (κ1) is 15.3. The quantitative estimate of drug-likeness (QED) is 0.812. The van der Waals surface area contributed by atoms with Gasteiger partial charge in [0.15, 0.2) is 0 Å². The first-order valence-electron chi connectivity index (χ1n) is 7.86. The van der Waals surface area contributed by atoms with Crippen LogP contribution in [0.3, 0.4) is 0 Å². The number of piperidine rings is 1. The summed E-state index contributed by atoms with van der Waals surface area (Å²) in [7, 11) is 0. The van der Waals surface area contributed by atoms with Crippen molar-refractivity contribution in [3.05, 3.63) is 29.8 Å². The average Bonchev–Trinajstić information content (AvgIpc) is 2.48. The van der Waals surface area contributed by atoms with E-state index < -0.39 is 0 Å². The van der Waals surface area contributed by atoms with E-state index in [4.69, 9.17) is 10.5 Å². The van der Waals surface area contributed by atoms with Crippen LogP contribution >= 0.6 is 0 Å². The molecular weight excluding hydrogens is 248 g/mol. The van der Waals surface area contributed by atoms with E-state index in [1.165, 1.54) is 19.4 Å². The SMILES string of the molecule is CC1CCCN(CCCOc2ccc(CN)cc2)C1C. The summed E-state index contributed by atoms with van der Waals surface area (Å²) in [5, 5.41) is 0. The Balaban J connectivity index is 1.68. The van der Waals surface area contributed by atoms with Gasteiger partial charge >= 0.3 is 0 Å². The van der Waals surface area contributed by atoms with E-state index in [0.29, 0.717) is 12.6 Å². The molecule has 20 heavy (non-hydrogen) atoms. The van der Waals surface area contributed by atoms with E-state index >= 15 is 0 Å². The lowest BCUT2D eigenvalue weighted by molar-refractivity contribution is 0.106. The second kappa shape index (κ2) is 7.65. The van der Waals surface area contributed by atoms with Crippen LogP contribution in [0, 0.1) is 5.92 Å². The molecule has 112 valence electrons. The average molecular weight is 276 g/mol. The van der Waals surface area contributed by atoms with Crippen LogP contribution in [0.1, 0.15) is 38.7 Å². The Labute approximate surface area is 123 Å². The molecule has 1 aromatic rings. The number of hydrogen-bond acceptors (Lipinski definition) is 3. The molecule has 0 radical (unpaired) electrons. The zero-order chi connectivity index (χ0) is 14.4. The van der Waals surface area contributed by atoms with Gasteiger partial charge in [0.25, 0.3) is 0 Å². The van der Waals surface area contributed by atoms with E-state index in [2.05, 4.69) is 18.7 Å². The molecule has 1 aromatic carbocycles. The first-order valence-corrected chi connectivity index (χ1v) is 7.86. The summed E-state index contributed by atoms with van der Waals surface area (Å²) in [5.41, 5.74) is 6.73. The van der Waals surface area contributed by atoms with Gasteiger partial charge in [-0.2, -0.15) is 0 Å². The molecule has 0 saturated carbocycles. The molecule has 2 rings (SSSR count). The van der Waals surface area contributed by atoms with Gasteiger partial charge in [-0.05, 0) is 56.3 Å². The minimum atomic E-state index is 0.589. The first-order chi connectivity index (χ1) is 9.70. The van der Waals surface area contributed by atoms with E-state index in [1.807, 2.05) is 24.3 Å². The number of nitrogens with two attached hydrogens (primary N) is 1. The van der Waals surface area contributed by atoms with Crippen molar-refractivity contribution in [2.75, 3.05) is 19.7 Å². The third-order valence-corrected chi connectivity index (χ3v) is 4.52. The summed E-state index contributed by atoms with van der Waals surface area (Å²) < 4.78 is 5.79. The molecule has 0 aliphatic carbocycles. The van der Waals surface area contributed by atoms with Crippen molar-refractivity contribution >= 4 is 0 Å². The van der Waals surface area contributed by atoms with Gasteiger partial charge < -0.3 is 15.4 Å². The minimum absolute atomic E-state index is 0.589. The van der Waals surface area contributed by atoms with Crippen molar-refractivity contribution in [2.45, 2.75) is 45.7 Å². The van der Waals surface area contributed by atoms with E-state index in [0.717, 1.165) is 36.8 Å². The number of nitrogens with zero attached hydrogens (tertiary/aromatic N) is 1. The van der Waals surface area contributed by atoms with Gasteiger partial charge in [0.1, 0.15) is 5.75 Å². The van der Waals surface area contributed by atoms with Gasteiger partial charge in [-0.15, -0.1) is 0 Å². The van der Waals surface area contributed by atoms with Crippen molar-refractivity contribution in [1.82, 2.24) is 4.90 Å². The summed E-state index contributed by atoms with van der Waals surface area (Å²) >= 11 is 0. The molecule has 0 spiro atoms. The van der Waals surface area contributed by atoms with Gasteiger partial charge in [-0.25, -0.2) is 0 Å². The zero-order valence-electron chi connectivity index (χ0n) is 12.8. The zero-order valence-corrected chi connectivity index (χ0v) is 12.8. The van der Waals surface area contributed by atoms with Crippen LogP contribution < -0.4 is 10.5 Å². The molecule has 2 atom stereocenters. The van der Waals surface area contributed by atoms with Crippen LogP contribution in [0.5, 0.6) is 5.75 Å². The molecule has 1 fully saturated rings. The lowest BCUT2D eigenvalue weighted by Crippen LogP contribution is -2.43. The number of hydrogen-bond donors (Lipinski definition) is 1. The highest BCUT2D eigenvalue weighted by molar-refractivity contribution is 5.26. The molecule has 0 bridgehead atoms. The Kier molecular flexibility index (Phi) is 5.86. The van der Waals surface area contributed by atoms with E-state index in [-0.39, 0.29) is 0 Å². The Bertz CT molecular complexity index is 390. The van der Waals surface area contributed by atoms with Crippen LogP contribution in [-0.4, -0.2) is 30.6 Å². The second-order valence-electron chi connectivity index (χ2n) is 5.95. The van der Waals surface area contributed by atoms with E-state index in [1.54, 1.807) is 0 Å². The van der Waals surface area contributed by atoms with Crippen LogP contribution in [-0.2, 0) is 6.54 Å². The molecule has 1 aliphatic rings. The maximum atomic E-state index is 5.79. The van der Waals surface area contributed by atoms with Crippen molar-refractivity contribution in [3.8, 4) is 5.75 Å². The Morgan fingerprint density at radius 1 is 1.25 bits per heavy atom. The van der Waals surface area contributed by atoms with Crippen molar-refractivity contribution in [1.29, 1.82) is 0 Å². The van der Waals surface area contributed by atoms with Crippen LogP contribution in [0.25, 0.3) is 0 Å². The van der Waals surface area contributed by atoms with E-state index in [9.17, 15) is 0 Å². The Hall–Kier alpha value is -1.06. The predicted octanol–water partition coefficient (Wildman–Crippen LogP) is 3.03. The van der Waals surface area contributed by atoms with Gasteiger partial charge in [-0.1, -0.05) is 19.1 Å². The number of ether oxygens (including phenoxy) is 1. The van der Waals surface area contributed by atoms with Gasteiger partial charge in [0.05, 0.1) is 6.61 Å². The fraction of sp³-hybridized carbons (Fsp3) is 0.647. The largest absolute Gasteiger partial charge is 0.494 e. The minimum Gasteiger partial charge on any atom is -0.494 e. The van der Waals surface area contributed by atoms with Crippen LogP contribution in [0.15, 0.2) is 24.3 Å². The monoisotopic (exact) mass is 276 g/mol. The van der Waals surface area contributed by atoms with Crippen LogP contribution in [0.2, 0.25) is 0 Å². The maximum absolute atomic E-state index is 5.79. The molecule has 1 heterocycles. The molecule has 2 N–H and O–H groups in total. The third kappa shape index (κ3) is 4.22. The van der Waals surface area contributed by atoms with Gasteiger partial charge in [0.2, 0.25) is 0 Å². The molecule has 0 aromatic heterocycles. The van der Waals surface area contributed by atoms with Crippen molar-refractivity contribution in [3.63, 3.8) is 0 Å². The number of benzene rings is 1. The Morgan fingerprint density at radius 2 is 2.00 bits per heavy atom. The fourth-order valence-corrected chi connectivity index (χ4v) is 2.92. The summed E-state index contributed by atoms with van der Waals surface area (Å²) in [6.07, 6.45) is 3.81. The number of rotatable bonds is 6. The molecule has 3 heteroatoms. The third-order valence-electron chi connectivity index (χ3n) is 4.52. The molecule has 2 unspecified atom stereocenters. The normalized spacial score (nSPS) is 23.8. The lowest BCUT2D eigenvalue weighted by Gasteiger charge is -2.37. The lowest BCUT2D eigenvalue weighted by atomic mass is 9.92. The highest BCUT2D eigenvalue weighted by Crippen LogP contribution is 2.22. The van der Waals surface area contributed by atoms with Gasteiger partial charge in [-0.3, -0.25) is 0 Å². The molecule has 1 saturated heterocycles. The van der Waals surface area contributed by atoms with Gasteiger partial charge in [0, 0.05) is 19.1 Å². The van der Waals surface area contributed by atoms with Crippen molar-refractivity contribution in [2.24, 2.45) is 11.7 Å². The smallest absolute Gasteiger partial charge is 0.119 e. The summed E-state index contributed by atoms with van der Waals surface area (Å²) in [6.45, 7) is 8.50. The standard InChI is InChI=1S/C17H28N2O/c1-14-5-3-10-19(15(14)2)11-4-12-20-17-8-6-16(13-18)7-9-17/h6-9,14-15H,3-5,10-13,18H2,1-2H3. The molecule has 3 nitrogen and oxygen atoms in total. The predicted molar refractivity (Wildman–Crippen MR) is 83.9 cm³/mol. The topological polar surface area (TPSA) is 38.5 Å². The van der Waals surface area contributed by atoms with Crippen molar-refractivity contribution < 1.29 is 4.74 Å². The Morgan fingerprint density at radius 3 is 2.70 bits per heavy atom. The number of likely N-dealkylation sites (tertiary alicyclic amines) is 1. The maximum Gasteiger partial charge on any atom is 0.119 e. The molecular formula is C17H28N2O. The summed E-state index contributed by atoms with van der Waals surface area (Å²) in [5.74, 6) is 1.77.